The van der Waals surface area contributed by atoms with Gasteiger partial charge < -0.3 is 14.5 Å². The van der Waals surface area contributed by atoms with Crippen LogP contribution >= 0.6 is 7.82 Å². The fourth-order valence-corrected chi connectivity index (χ4v) is 5.28. The number of carbonyl (C=O) groups is 3. The van der Waals surface area contributed by atoms with Gasteiger partial charge >= 0.3 is 13.8 Å². The molecule has 2 rings (SSSR count). The molecule has 0 aromatic heterocycles. The van der Waals surface area contributed by atoms with E-state index in [0.29, 0.717) is 25.8 Å². The Labute approximate surface area is 201 Å². The predicted octanol–water partition coefficient (Wildman–Crippen LogP) is 3.90. The van der Waals surface area contributed by atoms with Crippen LogP contribution in [0.1, 0.15) is 71.1 Å². The number of phosphoric ester groups is 1. The maximum atomic E-state index is 13.1. The van der Waals surface area contributed by atoms with Crippen LogP contribution in [0.15, 0.2) is 24.8 Å². The Morgan fingerprint density at radius 2 is 1.71 bits per heavy atom. The minimum absolute atomic E-state index is 0.0294. The van der Waals surface area contributed by atoms with Crippen molar-refractivity contribution in [2.75, 3.05) is 19.8 Å². The Hall–Kier alpha value is -1.80. The van der Waals surface area contributed by atoms with Crippen molar-refractivity contribution in [3.63, 3.8) is 0 Å². The second-order valence-corrected chi connectivity index (χ2v) is 10.6. The largest absolute Gasteiger partial charge is 0.469 e. The molecular formula is C24H38NO8P. The molecule has 192 valence electrons. The van der Waals surface area contributed by atoms with Gasteiger partial charge in [-0.05, 0) is 32.6 Å². The number of rotatable bonds is 16. The number of hydrogen-bond donors (Lipinski definition) is 2. The third kappa shape index (κ3) is 7.60. The van der Waals surface area contributed by atoms with Gasteiger partial charge in [0, 0.05) is 17.5 Å². The number of esters is 1. The molecule has 3 unspecified atom stereocenters. The van der Waals surface area contributed by atoms with Gasteiger partial charge in [-0.25, -0.2) is 9.36 Å². The maximum Gasteiger partial charge on any atom is 0.469 e. The van der Waals surface area contributed by atoms with Crippen LogP contribution in [0.4, 0.5) is 0 Å². The second kappa shape index (κ2) is 12.8. The van der Waals surface area contributed by atoms with Gasteiger partial charge in [-0.2, -0.15) is 0 Å². The average Bonchev–Trinajstić information content (AvgIpc) is 3.27. The highest BCUT2D eigenvalue weighted by Gasteiger charge is 2.60. The highest BCUT2D eigenvalue weighted by atomic mass is 31.2. The summed E-state index contributed by atoms with van der Waals surface area (Å²) in [6.45, 7) is 9.53. The molecule has 2 aliphatic rings. The van der Waals surface area contributed by atoms with Gasteiger partial charge in [0.15, 0.2) is 0 Å². The number of hydrogen-bond acceptors (Lipinski definition) is 6. The monoisotopic (exact) mass is 499 g/mol. The van der Waals surface area contributed by atoms with Crippen LogP contribution in [0.3, 0.4) is 0 Å². The number of phosphoric acid groups is 1. The zero-order valence-electron chi connectivity index (χ0n) is 20.1. The first-order valence-electron chi connectivity index (χ1n) is 12.0. The quantitative estimate of drug-likeness (QED) is 0.0817. The van der Waals surface area contributed by atoms with E-state index < -0.39 is 25.1 Å². The highest BCUT2D eigenvalue weighted by Crippen LogP contribution is 2.52. The van der Waals surface area contributed by atoms with Crippen LogP contribution in [-0.2, 0) is 28.2 Å². The highest BCUT2D eigenvalue weighted by molar-refractivity contribution is 7.46. The molecule has 10 heteroatoms. The van der Waals surface area contributed by atoms with Crippen molar-refractivity contribution in [2.24, 2.45) is 17.3 Å². The fraction of sp³-hybridized carbons (Fsp3) is 0.708. The number of carbonyl (C=O) groups excluding carboxylic acids is 3. The van der Waals surface area contributed by atoms with Crippen LogP contribution in [-0.4, -0.2) is 52.2 Å². The molecule has 2 fully saturated rings. The lowest BCUT2D eigenvalue weighted by atomic mass is 9.76. The number of nitrogens with zero attached hydrogens (tertiary/aromatic N) is 1. The van der Waals surface area contributed by atoms with Crippen LogP contribution in [0.25, 0.3) is 0 Å². The summed E-state index contributed by atoms with van der Waals surface area (Å²) in [4.78, 5) is 56.5. The van der Waals surface area contributed by atoms with Gasteiger partial charge in [-0.1, -0.05) is 51.2 Å². The fourth-order valence-electron chi connectivity index (χ4n) is 4.92. The Kier molecular flexibility index (Phi) is 10.7. The Bertz CT molecular complexity index is 822. The molecule has 0 aromatic carbocycles. The van der Waals surface area contributed by atoms with Crippen LogP contribution in [0.2, 0.25) is 0 Å². The van der Waals surface area contributed by atoms with Crippen molar-refractivity contribution in [2.45, 2.75) is 71.1 Å². The van der Waals surface area contributed by atoms with Crippen molar-refractivity contribution in [1.82, 2.24) is 4.90 Å². The first-order chi connectivity index (χ1) is 16.0. The van der Waals surface area contributed by atoms with E-state index in [9.17, 15) is 18.9 Å². The van der Waals surface area contributed by atoms with Gasteiger partial charge in [0.2, 0.25) is 11.8 Å². The van der Waals surface area contributed by atoms with Crippen molar-refractivity contribution < 1.29 is 38.0 Å². The lowest BCUT2D eigenvalue weighted by Crippen LogP contribution is -2.39. The molecule has 1 saturated heterocycles. The summed E-state index contributed by atoms with van der Waals surface area (Å²) in [5, 5.41) is 0. The van der Waals surface area contributed by atoms with Gasteiger partial charge in [0.05, 0.1) is 18.4 Å². The molecular weight excluding hydrogens is 461 g/mol. The van der Waals surface area contributed by atoms with Crippen molar-refractivity contribution in [3.05, 3.63) is 24.8 Å². The summed E-state index contributed by atoms with van der Waals surface area (Å²) in [5.41, 5.74) is -0.425. The van der Waals surface area contributed by atoms with E-state index in [1.165, 1.54) is 4.90 Å². The Morgan fingerprint density at radius 3 is 2.26 bits per heavy atom. The predicted molar refractivity (Wildman–Crippen MR) is 126 cm³/mol. The van der Waals surface area contributed by atoms with E-state index in [1.807, 2.05) is 0 Å². The van der Waals surface area contributed by atoms with Crippen LogP contribution in [0.5, 0.6) is 0 Å². The SMILES string of the molecule is C=CC1(COC(=O)C(=C)C)CCC2C(=O)N(CCCCCCCCCCOP(=O)(O)O)C(=O)C21. The van der Waals surface area contributed by atoms with Crippen molar-refractivity contribution in [1.29, 1.82) is 0 Å². The molecule has 3 atom stereocenters. The summed E-state index contributed by atoms with van der Waals surface area (Å²) in [6, 6.07) is 0. The van der Waals surface area contributed by atoms with Crippen molar-refractivity contribution in [3.8, 4) is 0 Å². The van der Waals surface area contributed by atoms with Gasteiger partial charge in [-0.3, -0.25) is 19.0 Å². The molecule has 2 amide bonds. The minimum atomic E-state index is -4.36. The third-order valence-electron chi connectivity index (χ3n) is 6.82. The molecule has 1 heterocycles. The molecule has 34 heavy (non-hydrogen) atoms. The summed E-state index contributed by atoms with van der Waals surface area (Å²) in [6.07, 6.45) is 10.00. The molecule has 0 radical (unpaired) electrons. The van der Waals surface area contributed by atoms with E-state index >= 15 is 0 Å². The van der Waals surface area contributed by atoms with E-state index in [0.717, 1.165) is 44.9 Å². The second-order valence-electron chi connectivity index (χ2n) is 9.40. The maximum absolute atomic E-state index is 13.1. The van der Waals surface area contributed by atoms with E-state index in [1.54, 1.807) is 13.0 Å². The summed E-state index contributed by atoms with van der Waals surface area (Å²) < 4.78 is 20.4. The normalized spacial score (nSPS) is 24.4. The molecule has 1 aliphatic heterocycles. The average molecular weight is 500 g/mol. The molecule has 0 aromatic rings. The summed E-state index contributed by atoms with van der Waals surface area (Å²) in [5.74, 6) is -1.71. The Balaban J connectivity index is 1.70. The Morgan fingerprint density at radius 1 is 1.12 bits per heavy atom. The first-order valence-corrected chi connectivity index (χ1v) is 13.6. The summed E-state index contributed by atoms with van der Waals surface area (Å²) in [7, 11) is -4.36. The molecule has 0 bridgehead atoms. The first kappa shape index (κ1) is 28.4. The number of likely N-dealkylation sites (tertiary alicyclic amines) is 1. The standard InChI is InChI=1S/C24H38NO8P/c1-4-24(17-32-23(28)18(2)3)14-13-19-20(24)22(27)25(21(19)26)15-11-9-7-5-6-8-10-12-16-33-34(29,30)31/h4,19-20H,1-2,5-17H2,3H3,(H2,29,30,31). The number of unbranched alkanes of at least 4 members (excludes halogenated alkanes) is 7. The van der Waals surface area contributed by atoms with E-state index in [4.69, 9.17) is 14.5 Å². The molecule has 0 spiro atoms. The van der Waals surface area contributed by atoms with Crippen molar-refractivity contribution >= 4 is 25.6 Å². The molecule has 1 aliphatic carbocycles. The smallest absolute Gasteiger partial charge is 0.461 e. The summed E-state index contributed by atoms with van der Waals surface area (Å²) >= 11 is 0. The molecule has 9 nitrogen and oxygen atoms in total. The number of ether oxygens (including phenoxy) is 1. The molecule has 2 N–H and O–H groups in total. The molecule has 1 saturated carbocycles. The third-order valence-corrected chi connectivity index (χ3v) is 7.34. The number of imide groups is 1. The van der Waals surface area contributed by atoms with Gasteiger partial charge in [-0.15, -0.1) is 6.58 Å². The van der Waals surface area contributed by atoms with E-state index in [-0.39, 0.29) is 36.5 Å². The lowest BCUT2D eigenvalue weighted by molar-refractivity contribution is -0.146. The van der Waals surface area contributed by atoms with E-state index in [2.05, 4.69) is 17.7 Å². The van der Waals surface area contributed by atoms with Gasteiger partial charge in [0.1, 0.15) is 6.61 Å². The number of amides is 2. The van der Waals surface area contributed by atoms with Gasteiger partial charge in [0.25, 0.3) is 0 Å². The zero-order valence-corrected chi connectivity index (χ0v) is 21.0. The topological polar surface area (TPSA) is 130 Å². The minimum Gasteiger partial charge on any atom is -0.461 e. The van der Waals surface area contributed by atoms with Crippen LogP contribution < -0.4 is 0 Å². The van der Waals surface area contributed by atoms with Crippen LogP contribution in [0, 0.1) is 17.3 Å². The number of fused-ring (bicyclic) bond motifs is 1. The zero-order chi connectivity index (χ0) is 25.4. The lowest BCUT2D eigenvalue weighted by Gasteiger charge is -2.30.